The van der Waals surface area contributed by atoms with Crippen LogP contribution in [-0.4, -0.2) is 50.5 Å². The van der Waals surface area contributed by atoms with Gasteiger partial charge in [0.25, 0.3) is 0 Å². The molecule has 1 N–H and O–H groups in total. The van der Waals surface area contributed by atoms with Crippen molar-refractivity contribution >= 4 is 9.84 Å². The number of nitrogens with one attached hydrogen (secondary N) is 1. The Bertz CT molecular complexity index is 557. The molecule has 1 aliphatic heterocycles. The summed E-state index contributed by atoms with van der Waals surface area (Å²) < 4.78 is 23.9. The zero-order valence-corrected chi connectivity index (χ0v) is 14.0. The molecule has 2 rings (SSSR count). The Hall–Kier alpha value is -0.910. The molecule has 1 heterocycles. The van der Waals surface area contributed by atoms with Crippen LogP contribution in [0, 0.1) is 0 Å². The molecule has 1 atom stereocenters. The van der Waals surface area contributed by atoms with Crippen LogP contribution < -0.4 is 5.32 Å². The average molecular weight is 310 g/mol. The fourth-order valence-corrected chi connectivity index (χ4v) is 3.74. The molecule has 0 bridgehead atoms. The van der Waals surface area contributed by atoms with Crippen molar-refractivity contribution in [1.82, 2.24) is 10.2 Å². The highest BCUT2D eigenvalue weighted by molar-refractivity contribution is 7.92. The molecule has 21 heavy (non-hydrogen) atoms. The van der Waals surface area contributed by atoms with Crippen LogP contribution in [0.15, 0.2) is 30.3 Å². The number of sulfone groups is 1. The second-order valence-electron chi connectivity index (χ2n) is 6.32. The fourth-order valence-electron chi connectivity index (χ4n) is 2.75. The van der Waals surface area contributed by atoms with E-state index in [0.29, 0.717) is 6.54 Å². The minimum atomic E-state index is -2.96. The molecule has 0 amide bonds. The highest BCUT2D eigenvalue weighted by Crippen LogP contribution is 2.24. The van der Waals surface area contributed by atoms with Gasteiger partial charge < -0.3 is 5.32 Å². The average Bonchev–Trinajstić information content (AvgIpc) is 2.46. The van der Waals surface area contributed by atoms with Crippen molar-refractivity contribution in [3.05, 3.63) is 35.9 Å². The van der Waals surface area contributed by atoms with Crippen molar-refractivity contribution in [3.8, 4) is 0 Å². The lowest BCUT2D eigenvalue weighted by Gasteiger charge is -2.42. The van der Waals surface area contributed by atoms with Gasteiger partial charge in [-0.3, -0.25) is 4.90 Å². The summed E-state index contributed by atoms with van der Waals surface area (Å²) in [5.41, 5.74) is 1.14. The number of rotatable bonds is 5. The molecule has 0 saturated carbocycles. The van der Waals surface area contributed by atoms with E-state index < -0.39 is 9.84 Å². The molecule has 118 valence electrons. The number of hydrogen-bond donors (Lipinski definition) is 1. The van der Waals surface area contributed by atoms with E-state index in [2.05, 4.69) is 29.3 Å². The molecule has 1 saturated heterocycles. The van der Waals surface area contributed by atoms with Crippen molar-refractivity contribution in [2.24, 2.45) is 0 Å². The summed E-state index contributed by atoms with van der Waals surface area (Å²) in [6, 6.07) is 10.4. The maximum Gasteiger partial charge on any atom is 0.153 e. The molecule has 0 spiro atoms. The molecule has 4 nitrogen and oxygen atoms in total. The van der Waals surface area contributed by atoms with Crippen LogP contribution in [0.25, 0.3) is 0 Å². The summed E-state index contributed by atoms with van der Waals surface area (Å²) in [6.45, 7) is 8.92. The molecule has 1 aromatic carbocycles. The third-order valence-electron chi connectivity index (χ3n) is 4.30. The molecule has 1 unspecified atom stereocenters. The van der Waals surface area contributed by atoms with Gasteiger partial charge in [0.15, 0.2) is 9.84 Å². The second kappa shape index (κ2) is 6.46. The Morgan fingerprint density at radius 2 is 1.95 bits per heavy atom. The number of nitrogens with zero attached hydrogens (tertiary/aromatic N) is 1. The minimum Gasteiger partial charge on any atom is -0.305 e. The maximum atomic E-state index is 12.0. The topological polar surface area (TPSA) is 49.4 Å². The van der Waals surface area contributed by atoms with Gasteiger partial charge in [0.2, 0.25) is 0 Å². The van der Waals surface area contributed by atoms with Crippen LogP contribution in [-0.2, 0) is 15.4 Å². The van der Waals surface area contributed by atoms with E-state index in [1.165, 1.54) is 5.56 Å². The lowest BCUT2D eigenvalue weighted by molar-refractivity contribution is 0.150. The van der Waals surface area contributed by atoms with Gasteiger partial charge in [0.05, 0.1) is 16.5 Å². The molecule has 0 aliphatic carbocycles. The Kier molecular flexibility index (Phi) is 5.07. The standard InChI is InChI=1S/C16H26N2O2S/c1-14(2)21(19,20)12-11-18-10-9-17-16(3,13-18)15-7-5-4-6-8-15/h4-8,14,17H,9-13H2,1-3H3. The first-order chi connectivity index (χ1) is 9.83. The third-order valence-corrected chi connectivity index (χ3v) is 6.49. The van der Waals surface area contributed by atoms with E-state index in [-0.39, 0.29) is 16.5 Å². The van der Waals surface area contributed by atoms with Gasteiger partial charge in [0, 0.05) is 26.2 Å². The number of piperazine rings is 1. The maximum absolute atomic E-state index is 12.0. The van der Waals surface area contributed by atoms with Crippen molar-refractivity contribution in [2.45, 2.75) is 31.6 Å². The van der Waals surface area contributed by atoms with Gasteiger partial charge in [-0.05, 0) is 26.3 Å². The predicted molar refractivity (Wildman–Crippen MR) is 87.2 cm³/mol. The minimum absolute atomic E-state index is 0.110. The van der Waals surface area contributed by atoms with E-state index in [0.717, 1.165) is 19.6 Å². The molecule has 1 aromatic rings. The summed E-state index contributed by atoms with van der Waals surface area (Å²) in [5.74, 6) is 0.246. The van der Waals surface area contributed by atoms with Crippen molar-refractivity contribution in [1.29, 1.82) is 0 Å². The summed E-state index contributed by atoms with van der Waals surface area (Å²) in [4.78, 5) is 2.25. The Morgan fingerprint density at radius 3 is 2.57 bits per heavy atom. The monoisotopic (exact) mass is 310 g/mol. The first kappa shape index (κ1) is 16.5. The van der Waals surface area contributed by atoms with Gasteiger partial charge in [-0.1, -0.05) is 30.3 Å². The van der Waals surface area contributed by atoms with E-state index >= 15 is 0 Å². The highest BCUT2D eigenvalue weighted by atomic mass is 32.2. The van der Waals surface area contributed by atoms with E-state index in [1.54, 1.807) is 13.8 Å². The van der Waals surface area contributed by atoms with Gasteiger partial charge in [-0.15, -0.1) is 0 Å². The van der Waals surface area contributed by atoms with Gasteiger partial charge >= 0.3 is 0 Å². The predicted octanol–water partition coefficient (Wildman–Crippen LogP) is 1.63. The summed E-state index contributed by atoms with van der Waals surface area (Å²) >= 11 is 0. The molecule has 0 radical (unpaired) electrons. The van der Waals surface area contributed by atoms with E-state index in [4.69, 9.17) is 0 Å². The second-order valence-corrected chi connectivity index (χ2v) is 8.99. The summed E-state index contributed by atoms with van der Waals surface area (Å²) in [7, 11) is -2.96. The molecule has 1 aliphatic rings. The van der Waals surface area contributed by atoms with Gasteiger partial charge in [0.1, 0.15) is 0 Å². The van der Waals surface area contributed by atoms with Crippen LogP contribution in [0.2, 0.25) is 0 Å². The Balaban J connectivity index is 2.01. The zero-order valence-electron chi connectivity index (χ0n) is 13.2. The number of benzene rings is 1. The fraction of sp³-hybridized carbons (Fsp3) is 0.625. The Morgan fingerprint density at radius 1 is 1.29 bits per heavy atom. The smallest absolute Gasteiger partial charge is 0.153 e. The molecule has 1 fully saturated rings. The normalized spacial score (nSPS) is 24.4. The van der Waals surface area contributed by atoms with Crippen molar-refractivity contribution in [2.75, 3.05) is 31.9 Å². The van der Waals surface area contributed by atoms with Crippen molar-refractivity contribution in [3.63, 3.8) is 0 Å². The first-order valence-electron chi connectivity index (χ1n) is 7.58. The third kappa shape index (κ3) is 4.05. The highest BCUT2D eigenvalue weighted by Gasteiger charge is 2.32. The first-order valence-corrected chi connectivity index (χ1v) is 9.29. The number of hydrogen-bond acceptors (Lipinski definition) is 4. The largest absolute Gasteiger partial charge is 0.305 e. The lowest BCUT2D eigenvalue weighted by atomic mass is 9.90. The van der Waals surface area contributed by atoms with E-state index in [1.807, 2.05) is 18.2 Å². The molecular weight excluding hydrogens is 284 g/mol. The SMILES string of the molecule is CC(C)S(=O)(=O)CCN1CCNC(C)(c2ccccc2)C1. The van der Waals surface area contributed by atoms with Crippen LogP contribution in [0.5, 0.6) is 0 Å². The van der Waals surface area contributed by atoms with Crippen molar-refractivity contribution < 1.29 is 8.42 Å². The van der Waals surface area contributed by atoms with Crippen LogP contribution in [0.1, 0.15) is 26.3 Å². The molecular formula is C16H26N2O2S. The van der Waals surface area contributed by atoms with Gasteiger partial charge in [-0.25, -0.2) is 8.42 Å². The van der Waals surface area contributed by atoms with Crippen LogP contribution in [0.3, 0.4) is 0 Å². The molecule has 0 aromatic heterocycles. The van der Waals surface area contributed by atoms with Crippen LogP contribution in [0.4, 0.5) is 0 Å². The zero-order chi connectivity index (χ0) is 15.5. The van der Waals surface area contributed by atoms with Gasteiger partial charge in [-0.2, -0.15) is 0 Å². The molecule has 5 heteroatoms. The van der Waals surface area contributed by atoms with Crippen LogP contribution >= 0.6 is 0 Å². The lowest BCUT2D eigenvalue weighted by Crippen LogP contribution is -2.57. The summed E-state index contributed by atoms with van der Waals surface area (Å²) in [5, 5.41) is 3.28. The quantitative estimate of drug-likeness (QED) is 0.898. The Labute approximate surface area is 128 Å². The summed E-state index contributed by atoms with van der Waals surface area (Å²) in [6.07, 6.45) is 0. The van der Waals surface area contributed by atoms with E-state index in [9.17, 15) is 8.42 Å².